The molecule has 0 aliphatic heterocycles. The predicted molar refractivity (Wildman–Crippen MR) is 128 cm³/mol. The van der Waals surface area contributed by atoms with Crippen LogP contribution in [0, 0.1) is 5.41 Å². The maximum Gasteiger partial charge on any atom is 0.311 e. The van der Waals surface area contributed by atoms with Crippen LogP contribution in [0.2, 0.25) is 0 Å². The Morgan fingerprint density at radius 2 is 1.97 bits per heavy atom. The molecule has 0 saturated heterocycles. The van der Waals surface area contributed by atoms with Crippen LogP contribution in [0.25, 0.3) is 43.9 Å². The molecule has 0 bridgehead atoms. The molecule has 1 fully saturated rings. The Kier molecular flexibility index (Phi) is 4.55. The van der Waals surface area contributed by atoms with E-state index >= 15 is 0 Å². The first kappa shape index (κ1) is 19.8. The summed E-state index contributed by atoms with van der Waals surface area (Å²) in [5.74, 6) is -0.0324. The van der Waals surface area contributed by atoms with Gasteiger partial charge in [-0.15, -0.1) is 0 Å². The Balaban J connectivity index is 1.41. The van der Waals surface area contributed by atoms with Gasteiger partial charge in [-0.1, -0.05) is 47.7 Å². The van der Waals surface area contributed by atoms with Gasteiger partial charge in [0, 0.05) is 40.3 Å². The first-order valence-corrected chi connectivity index (χ1v) is 11.5. The highest BCUT2D eigenvalue weighted by Crippen LogP contribution is 2.47. The fourth-order valence-electron chi connectivity index (χ4n) is 4.07. The Hall–Kier alpha value is -3.91. The number of aromatic nitrogens is 3. The van der Waals surface area contributed by atoms with Gasteiger partial charge in [-0.25, -0.2) is 9.97 Å². The third kappa shape index (κ3) is 3.48. The highest BCUT2D eigenvalue weighted by molar-refractivity contribution is 7.19. The van der Waals surface area contributed by atoms with E-state index < -0.39 is 11.4 Å². The summed E-state index contributed by atoms with van der Waals surface area (Å²) in [5, 5.41) is 14.7. The fourth-order valence-corrected chi connectivity index (χ4v) is 5.09. The van der Waals surface area contributed by atoms with Gasteiger partial charge in [-0.2, -0.15) is 0 Å². The van der Waals surface area contributed by atoms with Crippen LogP contribution in [-0.4, -0.2) is 32.6 Å². The normalized spacial score (nSPS) is 14.4. The number of rotatable bonds is 7. The predicted octanol–water partition coefficient (Wildman–Crippen LogP) is 5.89. The minimum atomic E-state index is -0.743. The first-order chi connectivity index (χ1) is 16.1. The maximum atomic E-state index is 11.6. The van der Waals surface area contributed by atoms with Crippen molar-refractivity contribution in [2.75, 3.05) is 11.9 Å². The van der Waals surface area contributed by atoms with Crippen molar-refractivity contribution in [3.63, 3.8) is 0 Å². The molecule has 0 unspecified atom stereocenters. The van der Waals surface area contributed by atoms with Gasteiger partial charge in [0.15, 0.2) is 17.3 Å². The van der Waals surface area contributed by atoms with Crippen LogP contribution >= 0.6 is 11.3 Å². The molecule has 7 nitrogen and oxygen atoms in total. The van der Waals surface area contributed by atoms with Crippen LogP contribution in [0.1, 0.15) is 12.8 Å². The number of carboxylic acids is 1. The molecule has 0 amide bonds. The lowest BCUT2D eigenvalue weighted by atomic mass is 10.0. The number of thiazole rings is 1. The van der Waals surface area contributed by atoms with E-state index in [0.717, 1.165) is 43.3 Å². The van der Waals surface area contributed by atoms with Crippen LogP contribution in [0.3, 0.4) is 0 Å². The Bertz CT molecular complexity index is 1450. The average molecular weight is 457 g/mol. The number of benzene rings is 2. The van der Waals surface area contributed by atoms with Crippen molar-refractivity contribution in [3.05, 3.63) is 67.3 Å². The zero-order valence-electron chi connectivity index (χ0n) is 17.5. The number of H-pyrrole nitrogens is 1. The SMILES string of the molecule is O=C(O)C1(CNc2nc(-c3ccc(-c4cnco4)cc3)c(-c3cccc4[nH]ccc34)s2)CC1. The second-order valence-corrected chi connectivity index (χ2v) is 9.32. The summed E-state index contributed by atoms with van der Waals surface area (Å²) in [7, 11) is 0. The second-order valence-electron chi connectivity index (χ2n) is 8.32. The van der Waals surface area contributed by atoms with Crippen molar-refractivity contribution >= 4 is 33.3 Å². The van der Waals surface area contributed by atoms with Crippen LogP contribution in [-0.2, 0) is 4.79 Å². The van der Waals surface area contributed by atoms with Gasteiger partial charge >= 0.3 is 5.97 Å². The van der Waals surface area contributed by atoms with Crippen molar-refractivity contribution in [1.82, 2.24) is 15.0 Å². The molecule has 5 aromatic rings. The molecule has 164 valence electrons. The number of oxazole rings is 1. The quantitative estimate of drug-likeness (QED) is 0.282. The number of carboxylic acid groups (broad SMARTS) is 1. The van der Waals surface area contributed by atoms with Gasteiger partial charge in [-0.05, 0) is 25.0 Å². The zero-order chi connectivity index (χ0) is 22.4. The van der Waals surface area contributed by atoms with E-state index in [4.69, 9.17) is 9.40 Å². The van der Waals surface area contributed by atoms with Crippen molar-refractivity contribution in [2.45, 2.75) is 12.8 Å². The van der Waals surface area contributed by atoms with E-state index in [2.05, 4.69) is 33.5 Å². The van der Waals surface area contributed by atoms with Gasteiger partial charge in [-0.3, -0.25) is 4.79 Å². The molecule has 3 aromatic heterocycles. The number of hydrogen-bond donors (Lipinski definition) is 3. The lowest BCUT2D eigenvalue weighted by molar-refractivity contribution is -0.142. The molecule has 33 heavy (non-hydrogen) atoms. The third-order valence-electron chi connectivity index (χ3n) is 6.23. The summed E-state index contributed by atoms with van der Waals surface area (Å²) in [6.07, 6.45) is 6.44. The summed E-state index contributed by atoms with van der Waals surface area (Å²) in [4.78, 5) is 24.8. The minimum absolute atomic E-state index is 0.382. The molecule has 6 rings (SSSR count). The molecule has 8 heteroatoms. The Morgan fingerprint density at radius 3 is 2.70 bits per heavy atom. The molecule has 1 aliphatic carbocycles. The van der Waals surface area contributed by atoms with Gasteiger partial charge in [0.1, 0.15) is 0 Å². The molecule has 3 heterocycles. The van der Waals surface area contributed by atoms with E-state index in [-0.39, 0.29) is 0 Å². The average Bonchev–Trinajstić information content (AvgIpc) is 3.24. The Labute approximate surface area is 193 Å². The third-order valence-corrected chi connectivity index (χ3v) is 7.27. The van der Waals surface area contributed by atoms with E-state index in [0.29, 0.717) is 25.1 Å². The molecule has 1 aliphatic rings. The first-order valence-electron chi connectivity index (χ1n) is 10.7. The number of fused-ring (bicyclic) bond motifs is 1. The second kappa shape index (κ2) is 7.60. The largest absolute Gasteiger partial charge is 0.481 e. The summed E-state index contributed by atoms with van der Waals surface area (Å²) in [5.41, 5.74) is 4.27. The minimum Gasteiger partial charge on any atom is -0.481 e. The van der Waals surface area contributed by atoms with Crippen molar-refractivity contribution in [3.8, 4) is 33.0 Å². The number of nitrogens with one attached hydrogen (secondary N) is 2. The molecule has 3 N–H and O–H groups in total. The van der Waals surface area contributed by atoms with Crippen LogP contribution in [0.15, 0.2) is 71.7 Å². The van der Waals surface area contributed by atoms with Gasteiger partial charge in [0.05, 0.1) is 22.2 Å². The summed E-state index contributed by atoms with van der Waals surface area (Å²) in [6, 6.07) is 16.3. The summed E-state index contributed by atoms with van der Waals surface area (Å²) < 4.78 is 5.40. The lowest BCUT2D eigenvalue weighted by Gasteiger charge is -2.09. The van der Waals surface area contributed by atoms with Crippen molar-refractivity contribution in [1.29, 1.82) is 0 Å². The molecule has 1 saturated carbocycles. The fraction of sp³-hybridized carbons (Fsp3) is 0.160. The number of carbonyl (C=O) groups is 1. The highest BCUT2D eigenvalue weighted by atomic mass is 32.1. The smallest absolute Gasteiger partial charge is 0.311 e. The maximum absolute atomic E-state index is 11.6. The van der Waals surface area contributed by atoms with Crippen LogP contribution in [0.5, 0.6) is 0 Å². The van der Waals surface area contributed by atoms with Gasteiger partial charge in [0.2, 0.25) is 0 Å². The lowest BCUT2D eigenvalue weighted by Crippen LogP contribution is -2.24. The van der Waals surface area contributed by atoms with Crippen LogP contribution in [0.4, 0.5) is 5.13 Å². The number of aliphatic carboxylic acids is 1. The van der Waals surface area contributed by atoms with Crippen molar-refractivity contribution in [2.24, 2.45) is 5.41 Å². The van der Waals surface area contributed by atoms with E-state index in [1.165, 1.54) is 6.39 Å². The topological polar surface area (TPSA) is 104 Å². The molecule has 0 spiro atoms. The number of nitrogens with zero attached hydrogens (tertiary/aromatic N) is 2. The summed E-state index contributed by atoms with van der Waals surface area (Å²) >= 11 is 1.55. The number of hydrogen-bond acceptors (Lipinski definition) is 6. The molecular formula is C25H20N4O3S. The molecule has 2 aromatic carbocycles. The number of anilines is 1. The van der Waals surface area contributed by atoms with Crippen molar-refractivity contribution < 1.29 is 14.3 Å². The zero-order valence-corrected chi connectivity index (χ0v) is 18.4. The summed E-state index contributed by atoms with van der Waals surface area (Å²) in [6.45, 7) is 0.382. The Morgan fingerprint density at radius 1 is 1.15 bits per heavy atom. The van der Waals surface area contributed by atoms with Gasteiger partial charge in [0.25, 0.3) is 0 Å². The van der Waals surface area contributed by atoms with E-state index in [1.807, 2.05) is 36.5 Å². The molecule has 0 radical (unpaired) electrons. The van der Waals surface area contributed by atoms with E-state index in [1.54, 1.807) is 17.5 Å². The van der Waals surface area contributed by atoms with Gasteiger partial charge < -0.3 is 19.8 Å². The molecule has 0 atom stereocenters. The van der Waals surface area contributed by atoms with Crippen LogP contribution < -0.4 is 5.32 Å². The number of aromatic amines is 1. The highest BCUT2D eigenvalue weighted by Gasteiger charge is 2.50. The molecular weight excluding hydrogens is 436 g/mol. The van der Waals surface area contributed by atoms with E-state index in [9.17, 15) is 9.90 Å². The monoisotopic (exact) mass is 456 g/mol. The standard InChI is InChI=1S/C25H20N4O3S/c30-23(31)25(9-10-25)13-28-24-29-21(16-6-4-15(5-7-16)20-12-26-14-32-20)22(33-24)18-2-1-3-19-17(18)8-11-27-19/h1-8,11-12,14,27H,9-10,13H2,(H,28,29)(H,30,31).